The lowest BCUT2D eigenvalue weighted by Crippen LogP contribution is -2.50. The number of aliphatic carboxylic acids is 1. The third-order valence-electron chi connectivity index (χ3n) is 3.10. The van der Waals surface area contributed by atoms with Gasteiger partial charge in [-0.2, -0.15) is 5.26 Å². The number of nitrogens with zero attached hydrogens (tertiary/aromatic N) is 2. The van der Waals surface area contributed by atoms with Gasteiger partial charge in [0.05, 0.1) is 6.07 Å². The van der Waals surface area contributed by atoms with Crippen LogP contribution in [0.1, 0.15) is 32.6 Å². The van der Waals surface area contributed by atoms with Crippen molar-refractivity contribution >= 4 is 5.97 Å². The quantitative estimate of drug-likeness (QED) is 0.734. The topological polar surface area (TPSA) is 64.3 Å². The first-order chi connectivity index (χ1) is 6.67. The average Bonchev–Trinajstić information content (AvgIpc) is 2.58. The highest BCUT2D eigenvalue weighted by Crippen LogP contribution is 2.32. The van der Waals surface area contributed by atoms with E-state index < -0.39 is 11.5 Å². The molecule has 1 atom stereocenters. The lowest BCUT2D eigenvalue weighted by atomic mass is 9.93. The van der Waals surface area contributed by atoms with E-state index in [9.17, 15) is 9.90 Å². The Morgan fingerprint density at radius 2 is 2.43 bits per heavy atom. The van der Waals surface area contributed by atoms with Crippen molar-refractivity contribution in [2.75, 3.05) is 13.1 Å². The minimum absolute atomic E-state index is 0.412. The molecular weight excluding hydrogens is 180 g/mol. The Kier molecular flexibility index (Phi) is 3.48. The summed E-state index contributed by atoms with van der Waals surface area (Å²) in [7, 11) is 0. The van der Waals surface area contributed by atoms with E-state index in [-0.39, 0.29) is 0 Å². The van der Waals surface area contributed by atoms with E-state index in [4.69, 9.17) is 5.26 Å². The Labute approximate surface area is 84.1 Å². The number of carboxylic acid groups (broad SMARTS) is 1. The maximum absolute atomic E-state index is 11.2. The summed E-state index contributed by atoms with van der Waals surface area (Å²) in [6, 6.07) is 2.06. The molecule has 1 fully saturated rings. The molecule has 1 N–H and O–H groups in total. The number of carbonyl (C=O) groups is 1. The summed E-state index contributed by atoms with van der Waals surface area (Å²) in [4.78, 5) is 13.1. The van der Waals surface area contributed by atoms with Gasteiger partial charge in [0.15, 0.2) is 0 Å². The van der Waals surface area contributed by atoms with Crippen LogP contribution < -0.4 is 0 Å². The average molecular weight is 196 g/mol. The monoisotopic (exact) mass is 196 g/mol. The van der Waals surface area contributed by atoms with Gasteiger partial charge >= 0.3 is 5.97 Å². The summed E-state index contributed by atoms with van der Waals surface area (Å²) in [5.74, 6) is -0.740. The van der Waals surface area contributed by atoms with Crippen LogP contribution in [0.3, 0.4) is 0 Å². The van der Waals surface area contributed by atoms with Gasteiger partial charge in [0.25, 0.3) is 0 Å². The van der Waals surface area contributed by atoms with Crippen molar-refractivity contribution in [1.82, 2.24) is 4.90 Å². The summed E-state index contributed by atoms with van der Waals surface area (Å²) in [6.07, 6.45) is 2.67. The molecule has 1 rings (SSSR count). The molecule has 0 radical (unpaired) electrons. The first-order valence-corrected chi connectivity index (χ1v) is 5.03. The van der Waals surface area contributed by atoms with Crippen molar-refractivity contribution in [2.45, 2.75) is 38.1 Å². The predicted molar refractivity (Wildman–Crippen MR) is 51.7 cm³/mol. The third-order valence-corrected chi connectivity index (χ3v) is 3.10. The SMILES string of the molecule is CCC1(C(=O)O)CCCN1CCC#N. The van der Waals surface area contributed by atoms with Crippen molar-refractivity contribution in [1.29, 1.82) is 5.26 Å². The highest BCUT2D eigenvalue weighted by atomic mass is 16.4. The van der Waals surface area contributed by atoms with Crippen molar-refractivity contribution in [3.63, 3.8) is 0 Å². The number of hydrogen-bond acceptors (Lipinski definition) is 3. The van der Waals surface area contributed by atoms with E-state index in [1.54, 1.807) is 0 Å². The molecule has 4 heteroatoms. The second kappa shape index (κ2) is 4.43. The molecule has 0 spiro atoms. The van der Waals surface area contributed by atoms with Gasteiger partial charge in [-0.05, 0) is 25.8 Å². The first kappa shape index (κ1) is 11.0. The van der Waals surface area contributed by atoms with Gasteiger partial charge in [-0.3, -0.25) is 9.69 Å². The molecule has 14 heavy (non-hydrogen) atoms. The van der Waals surface area contributed by atoms with Crippen LogP contribution in [0.5, 0.6) is 0 Å². The second-order valence-corrected chi connectivity index (χ2v) is 3.69. The van der Waals surface area contributed by atoms with Gasteiger partial charge in [0.1, 0.15) is 5.54 Å². The minimum atomic E-state index is -0.740. The standard InChI is InChI=1S/C10H16N2O2/c1-2-10(9(13)14)5-3-7-12(10)8-4-6-11/h2-5,7-8H2,1H3,(H,13,14). The van der Waals surface area contributed by atoms with Gasteiger partial charge < -0.3 is 5.11 Å². The van der Waals surface area contributed by atoms with Crippen LogP contribution in [-0.2, 0) is 4.79 Å². The zero-order chi connectivity index (χ0) is 10.6. The predicted octanol–water partition coefficient (Wildman–Crippen LogP) is 1.23. The normalized spacial score (nSPS) is 27.4. The Hall–Kier alpha value is -1.08. The summed E-state index contributed by atoms with van der Waals surface area (Å²) >= 11 is 0. The zero-order valence-corrected chi connectivity index (χ0v) is 8.49. The van der Waals surface area contributed by atoms with E-state index in [0.717, 1.165) is 13.0 Å². The molecule has 0 aromatic heterocycles. The molecule has 1 unspecified atom stereocenters. The first-order valence-electron chi connectivity index (χ1n) is 5.03. The highest BCUT2D eigenvalue weighted by Gasteiger charge is 2.45. The van der Waals surface area contributed by atoms with Gasteiger partial charge in [-0.25, -0.2) is 0 Å². The molecule has 4 nitrogen and oxygen atoms in total. The van der Waals surface area contributed by atoms with Crippen LogP contribution in [-0.4, -0.2) is 34.6 Å². The fourth-order valence-electron chi connectivity index (χ4n) is 2.24. The van der Waals surface area contributed by atoms with Gasteiger partial charge in [0.2, 0.25) is 0 Å². The minimum Gasteiger partial charge on any atom is -0.480 e. The largest absolute Gasteiger partial charge is 0.480 e. The number of likely N-dealkylation sites (tertiary alicyclic amines) is 1. The molecule has 78 valence electrons. The van der Waals surface area contributed by atoms with Crippen LogP contribution >= 0.6 is 0 Å². The van der Waals surface area contributed by atoms with Gasteiger partial charge in [-0.15, -0.1) is 0 Å². The van der Waals surface area contributed by atoms with Crippen LogP contribution in [0.25, 0.3) is 0 Å². The van der Waals surface area contributed by atoms with Crippen LogP contribution in [0, 0.1) is 11.3 Å². The molecule has 0 aliphatic carbocycles. The summed E-state index contributed by atoms with van der Waals surface area (Å²) in [5, 5.41) is 17.7. The van der Waals surface area contributed by atoms with Gasteiger partial charge in [-0.1, -0.05) is 6.92 Å². The van der Waals surface area contributed by atoms with E-state index in [1.807, 2.05) is 11.8 Å². The van der Waals surface area contributed by atoms with Crippen molar-refractivity contribution in [3.05, 3.63) is 0 Å². The summed E-state index contributed by atoms with van der Waals surface area (Å²) in [6.45, 7) is 3.29. The number of hydrogen-bond donors (Lipinski definition) is 1. The number of carboxylic acids is 1. The molecule has 1 aliphatic rings. The molecule has 1 saturated heterocycles. The van der Waals surface area contributed by atoms with Crippen LogP contribution in [0.2, 0.25) is 0 Å². The van der Waals surface area contributed by atoms with Crippen LogP contribution in [0.4, 0.5) is 0 Å². The van der Waals surface area contributed by atoms with E-state index in [0.29, 0.717) is 25.8 Å². The molecule has 1 heterocycles. The van der Waals surface area contributed by atoms with Crippen molar-refractivity contribution in [3.8, 4) is 6.07 Å². The number of rotatable bonds is 4. The number of nitriles is 1. The maximum Gasteiger partial charge on any atom is 0.324 e. The molecule has 0 saturated carbocycles. The summed E-state index contributed by atoms with van der Waals surface area (Å²) in [5.41, 5.74) is -0.698. The lowest BCUT2D eigenvalue weighted by Gasteiger charge is -2.33. The molecule has 0 aromatic rings. The molecule has 0 bridgehead atoms. The lowest BCUT2D eigenvalue weighted by molar-refractivity contribution is -0.150. The highest BCUT2D eigenvalue weighted by molar-refractivity contribution is 5.79. The zero-order valence-electron chi connectivity index (χ0n) is 8.49. The Balaban J connectivity index is 2.73. The molecule has 1 aliphatic heterocycles. The Morgan fingerprint density at radius 1 is 1.71 bits per heavy atom. The van der Waals surface area contributed by atoms with Gasteiger partial charge in [0, 0.05) is 13.0 Å². The fraction of sp³-hybridized carbons (Fsp3) is 0.800. The van der Waals surface area contributed by atoms with E-state index in [2.05, 4.69) is 6.07 Å². The van der Waals surface area contributed by atoms with Crippen molar-refractivity contribution < 1.29 is 9.90 Å². The van der Waals surface area contributed by atoms with E-state index in [1.165, 1.54) is 0 Å². The maximum atomic E-state index is 11.2. The second-order valence-electron chi connectivity index (χ2n) is 3.69. The van der Waals surface area contributed by atoms with Crippen molar-refractivity contribution in [2.24, 2.45) is 0 Å². The Bertz CT molecular complexity index is 259. The van der Waals surface area contributed by atoms with Crippen LogP contribution in [0.15, 0.2) is 0 Å². The summed E-state index contributed by atoms with van der Waals surface area (Å²) < 4.78 is 0. The smallest absolute Gasteiger partial charge is 0.324 e. The molecule has 0 aromatic carbocycles. The fourth-order valence-corrected chi connectivity index (χ4v) is 2.24. The van der Waals surface area contributed by atoms with E-state index >= 15 is 0 Å². The molecule has 0 amide bonds. The Morgan fingerprint density at radius 3 is 2.93 bits per heavy atom. The molecular formula is C10H16N2O2. The third kappa shape index (κ3) is 1.73.